The van der Waals surface area contributed by atoms with E-state index in [0.717, 1.165) is 17.3 Å². The first-order valence-electron chi connectivity index (χ1n) is 6.20. The number of rotatable bonds is 5. The summed E-state index contributed by atoms with van der Waals surface area (Å²) in [6.07, 6.45) is 3.79. The van der Waals surface area contributed by atoms with Gasteiger partial charge in [-0.3, -0.25) is 4.68 Å². The standard InChI is InChI=1S/C14H19ClN4/c1-18(2)14(11-4-6-12(15)7-5-11)9-16-13-8-17-19(3)10-13/h4-8,10,14,16H,9H2,1-3H3. The Kier molecular flexibility index (Phi) is 4.45. The molecule has 19 heavy (non-hydrogen) atoms. The Morgan fingerprint density at radius 3 is 2.53 bits per heavy atom. The molecule has 4 nitrogen and oxygen atoms in total. The zero-order chi connectivity index (χ0) is 13.8. The van der Waals surface area contributed by atoms with Gasteiger partial charge in [0.15, 0.2) is 0 Å². The van der Waals surface area contributed by atoms with E-state index in [4.69, 9.17) is 11.6 Å². The number of aryl methyl sites for hydroxylation is 1. The maximum Gasteiger partial charge on any atom is 0.0727 e. The molecule has 0 amide bonds. The molecule has 102 valence electrons. The summed E-state index contributed by atoms with van der Waals surface area (Å²) >= 11 is 5.93. The number of nitrogens with one attached hydrogen (secondary N) is 1. The van der Waals surface area contributed by atoms with Crippen LogP contribution in [-0.2, 0) is 7.05 Å². The van der Waals surface area contributed by atoms with Crippen molar-refractivity contribution in [2.75, 3.05) is 26.0 Å². The minimum Gasteiger partial charge on any atom is -0.381 e. The van der Waals surface area contributed by atoms with Gasteiger partial charge in [0.1, 0.15) is 0 Å². The van der Waals surface area contributed by atoms with Crippen molar-refractivity contribution in [1.29, 1.82) is 0 Å². The van der Waals surface area contributed by atoms with Gasteiger partial charge in [-0.15, -0.1) is 0 Å². The van der Waals surface area contributed by atoms with Crippen molar-refractivity contribution < 1.29 is 0 Å². The summed E-state index contributed by atoms with van der Waals surface area (Å²) in [4.78, 5) is 2.19. The lowest BCUT2D eigenvalue weighted by atomic mass is 10.1. The van der Waals surface area contributed by atoms with Crippen LogP contribution in [0.3, 0.4) is 0 Å². The van der Waals surface area contributed by atoms with Crippen molar-refractivity contribution in [3.63, 3.8) is 0 Å². The summed E-state index contributed by atoms with van der Waals surface area (Å²) in [5.74, 6) is 0. The van der Waals surface area contributed by atoms with Crippen LogP contribution in [0.2, 0.25) is 5.02 Å². The van der Waals surface area contributed by atoms with E-state index in [-0.39, 0.29) is 6.04 Å². The Balaban J connectivity index is 2.06. The van der Waals surface area contributed by atoms with Gasteiger partial charge in [-0.25, -0.2) is 0 Å². The average Bonchev–Trinajstić information content (AvgIpc) is 2.77. The lowest BCUT2D eigenvalue weighted by molar-refractivity contribution is 0.312. The van der Waals surface area contributed by atoms with E-state index in [0.29, 0.717) is 0 Å². The van der Waals surface area contributed by atoms with Gasteiger partial charge < -0.3 is 10.2 Å². The Morgan fingerprint density at radius 2 is 2.00 bits per heavy atom. The predicted octanol–water partition coefficient (Wildman–Crippen LogP) is 2.79. The number of benzene rings is 1. The summed E-state index contributed by atoms with van der Waals surface area (Å²) in [5.41, 5.74) is 2.27. The first kappa shape index (κ1) is 13.9. The largest absolute Gasteiger partial charge is 0.381 e. The molecule has 0 fully saturated rings. The van der Waals surface area contributed by atoms with Crippen LogP contribution in [0.4, 0.5) is 5.69 Å². The molecule has 0 aliphatic heterocycles. The van der Waals surface area contributed by atoms with Crippen molar-refractivity contribution in [2.45, 2.75) is 6.04 Å². The minimum atomic E-state index is 0.289. The molecule has 0 saturated heterocycles. The predicted molar refractivity (Wildman–Crippen MR) is 79.6 cm³/mol. The molecule has 0 aliphatic rings. The van der Waals surface area contributed by atoms with E-state index < -0.39 is 0 Å². The molecule has 1 aromatic heterocycles. The Hall–Kier alpha value is -1.52. The minimum absolute atomic E-state index is 0.289. The van der Waals surface area contributed by atoms with Gasteiger partial charge in [-0.05, 0) is 31.8 Å². The van der Waals surface area contributed by atoms with Crippen LogP contribution in [0.5, 0.6) is 0 Å². The lowest BCUT2D eigenvalue weighted by Crippen LogP contribution is -2.26. The summed E-state index contributed by atoms with van der Waals surface area (Å²) in [7, 11) is 6.06. The van der Waals surface area contributed by atoms with Crippen LogP contribution >= 0.6 is 11.6 Å². The van der Waals surface area contributed by atoms with Gasteiger partial charge in [0.2, 0.25) is 0 Å². The number of anilines is 1. The molecule has 0 radical (unpaired) electrons. The van der Waals surface area contributed by atoms with Crippen molar-refractivity contribution in [3.05, 3.63) is 47.2 Å². The molecule has 5 heteroatoms. The quantitative estimate of drug-likeness (QED) is 0.913. The second-order valence-corrected chi connectivity index (χ2v) is 5.25. The summed E-state index contributed by atoms with van der Waals surface area (Å²) in [5, 5.41) is 8.31. The fourth-order valence-electron chi connectivity index (χ4n) is 2.01. The highest BCUT2D eigenvalue weighted by atomic mass is 35.5. The Bertz CT molecular complexity index is 518. The maximum absolute atomic E-state index is 5.93. The number of nitrogens with zero attached hydrogens (tertiary/aromatic N) is 3. The van der Waals surface area contributed by atoms with Crippen LogP contribution in [0.15, 0.2) is 36.7 Å². The fourth-order valence-corrected chi connectivity index (χ4v) is 2.14. The van der Waals surface area contributed by atoms with Crippen molar-refractivity contribution in [3.8, 4) is 0 Å². The third-order valence-corrected chi connectivity index (χ3v) is 3.33. The highest BCUT2D eigenvalue weighted by Gasteiger charge is 2.14. The van der Waals surface area contributed by atoms with Gasteiger partial charge in [0.25, 0.3) is 0 Å². The highest BCUT2D eigenvalue weighted by molar-refractivity contribution is 6.30. The van der Waals surface area contributed by atoms with E-state index in [9.17, 15) is 0 Å². The molecule has 1 heterocycles. The molecular weight excluding hydrogens is 260 g/mol. The summed E-state index contributed by atoms with van der Waals surface area (Å²) in [6, 6.07) is 8.28. The molecule has 0 aliphatic carbocycles. The van der Waals surface area contributed by atoms with Crippen molar-refractivity contribution in [2.24, 2.45) is 7.05 Å². The molecule has 0 bridgehead atoms. The third-order valence-electron chi connectivity index (χ3n) is 3.08. The Labute approximate surface area is 119 Å². The lowest BCUT2D eigenvalue weighted by Gasteiger charge is -2.25. The van der Waals surface area contributed by atoms with Gasteiger partial charge in [-0.1, -0.05) is 23.7 Å². The fraction of sp³-hybridized carbons (Fsp3) is 0.357. The van der Waals surface area contributed by atoms with Crippen LogP contribution < -0.4 is 5.32 Å². The SMILES string of the molecule is CN(C)C(CNc1cnn(C)c1)c1ccc(Cl)cc1. The number of aromatic nitrogens is 2. The van der Waals surface area contributed by atoms with E-state index in [1.165, 1.54) is 5.56 Å². The highest BCUT2D eigenvalue weighted by Crippen LogP contribution is 2.21. The summed E-state index contributed by atoms with van der Waals surface area (Å²) in [6.45, 7) is 0.820. The summed E-state index contributed by atoms with van der Waals surface area (Å²) < 4.78 is 1.79. The molecular formula is C14H19ClN4. The number of hydrogen-bond acceptors (Lipinski definition) is 3. The third kappa shape index (κ3) is 3.72. The van der Waals surface area contributed by atoms with Crippen molar-refractivity contribution in [1.82, 2.24) is 14.7 Å². The zero-order valence-corrected chi connectivity index (χ0v) is 12.2. The molecule has 1 atom stereocenters. The first-order chi connectivity index (χ1) is 9.06. The van der Waals surface area contributed by atoms with Gasteiger partial charge >= 0.3 is 0 Å². The average molecular weight is 279 g/mol. The molecule has 0 spiro atoms. The molecule has 1 N–H and O–H groups in total. The monoisotopic (exact) mass is 278 g/mol. The number of likely N-dealkylation sites (N-methyl/N-ethyl adjacent to an activating group) is 1. The van der Waals surface area contributed by atoms with Gasteiger partial charge in [-0.2, -0.15) is 5.10 Å². The number of hydrogen-bond donors (Lipinski definition) is 1. The van der Waals surface area contributed by atoms with E-state index >= 15 is 0 Å². The zero-order valence-electron chi connectivity index (χ0n) is 11.5. The second kappa shape index (κ2) is 6.08. The molecule has 0 saturated carbocycles. The smallest absolute Gasteiger partial charge is 0.0727 e. The van der Waals surface area contributed by atoms with E-state index in [1.807, 2.05) is 31.6 Å². The topological polar surface area (TPSA) is 33.1 Å². The molecule has 1 unspecified atom stereocenters. The normalized spacial score (nSPS) is 12.7. The Morgan fingerprint density at radius 1 is 1.32 bits per heavy atom. The van der Waals surface area contributed by atoms with Crippen LogP contribution in [0.1, 0.15) is 11.6 Å². The first-order valence-corrected chi connectivity index (χ1v) is 6.58. The van der Waals surface area contributed by atoms with Crippen LogP contribution in [0, 0.1) is 0 Å². The molecule has 1 aromatic carbocycles. The van der Waals surface area contributed by atoms with E-state index in [2.05, 4.69) is 41.5 Å². The molecule has 2 rings (SSSR count). The maximum atomic E-state index is 5.93. The van der Waals surface area contributed by atoms with Gasteiger partial charge in [0.05, 0.1) is 17.9 Å². The van der Waals surface area contributed by atoms with E-state index in [1.54, 1.807) is 4.68 Å². The van der Waals surface area contributed by atoms with Crippen LogP contribution in [0.25, 0.3) is 0 Å². The molecule has 2 aromatic rings. The van der Waals surface area contributed by atoms with Crippen molar-refractivity contribution >= 4 is 17.3 Å². The van der Waals surface area contributed by atoms with Crippen LogP contribution in [-0.4, -0.2) is 35.3 Å². The van der Waals surface area contributed by atoms with Gasteiger partial charge in [0, 0.05) is 24.8 Å². The number of halogens is 1. The second-order valence-electron chi connectivity index (χ2n) is 4.81.